The number of piperidine rings is 1. The number of thiazole rings is 1. The largest absolute Gasteiger partial charge is 0.474 e. The van der Waals surface area contributed by atoms with E-state index in [2.05, 4.69) is 25.0 Å². The molecule has 3 aromatic rings. The van der Waals surface area contributed by atoms with E-state index in [1.807, 2.05) is 32.1 Å². The minimum Gasteiger partial charge on any atom is -0.474 e. The maximum atomic E-state index is 14.3. The van der Waals surface area contributed by atoms with Gasteiger partial charge in [0.2, 0.25) is 21.8 Å². The topological polar surface area (TPSA) is 164 Å². The SMILES string of the molecule is Cc1cc(-c2cc(O[C@H]3CCN4C(=O)N(C)CCCC/C=C/[C@@H]5C[C@@]5(C(=O)NS(=O)(=O)C5(C)CC5)NC(=O)C4C3)nc(-c3nc(C(F)(F)F)cs3)n2)c(C)s1. The molecule has 19 heteroatoms. The van der Waals surface area contributed by atoms with Gasteiger partial charge in [-0.05, 0) is 65.4 Å². The Morgan fingerprint density at radius 3 is 2.55 bits per heavy atom. The summed E-state index contributed by atoms with van der Waals surface area (Å²) in [4.78, 5) is 59.7. The summed E-state index contributed by atoms with van der Waals surface area (Å²) in [6.07, 6.45) is 1.91. The summed E-state index contributed by atoms with van der Waals surface area (Å²) in [6.45, 7) is 5.98. The Kier molecular flexibility index (Phi) is 10.3. The number of aryl methyl sites for hydroxylation is 2. The molecule has 296 valence electrons. The molecule has 3 aromatic heterocycles. The molecule has 55 heavy (non-hydrogen) atoms. The Balaban J connectivity index is 1.19. The molecule has 5 heterocycles. The number of nitrogens with zero attached hydrogens (tertiary/aromatic N) is 5. The summed E-state index contributed by atoms with van der Waals surface area (Å²) in [7, 11) is -2.34. The highest BCUT2D eigenvalue weighted by Crippen LogP contribution is 2.47. The number of ether oxygens (including phenoxy) is 1. The third-order valence-electron chi connectivity index (χ3n) is 10.8. The number of thiophene rings is 1. The second kappa shape index (κ2) is 14.4. The van der Waals surface area contributed by atoms with Crippen LogP contribution < -0.4 is 14.8 Å². The van der Waals surface area contributed by atoms with Crippen molar-refractivity contribution in [1.29, 1.82) is 0 Å². The van der Waals surface area contributed by atoms with Crippen LogP contribution in [0.25, 0.3) is 22.1 Å². The first-order valence-electron chi connectivity index (χ1n) is 18.1. The average molecular weight is 822 g/mol. The fourth-order valence-electron chi connectivity index (χ4n) is 7.05. The number of urea groups is 1. The molecule has 2 N–H and O–H groups in total. The molecule has 4 amide bonds. The van der Waals surface area contributed by atoms with Gasteiger partial charge in [-0.2, -0.15) is 18.2 Å². The number of sulfonamides is 1. The minimum atomic E-state index is -4.65. The number of fused-ring (bicyclic) bond motifs is 2. The number of nitrogens with one attached hydrogen (secondary N) is 2. The van der Waals surface area contributed by atoms with E-state index >= 15 is 0 Å². The molecule has 0 aromatic carbocycles. The third kappa shape index (κ3) is 7.96. The molecule has 1 unspecified atom stereocenters. The summed E-state index contributed by atoms with van der Waals surface area (Å²) in [5.41, 5.74) is -1.41. The number of hydrogen-bond donors (Lipinski definition) is 2. The normalized spacial score (nSPS) is 26.3. The van der Waals surface area contributed by atoms with E-state index < -0.39 is 62.1 Å². The molecule has 0 radical (unpaired) electrons. The maximum absolute atomic E-state index is 14.3. The van der Waals surface area contributed by atoms with E-state index in [-0.39, 0.29) is 48.6 Å². The zero-order valence-electron chi connectivity index (χ0n) is 30.7. The maximum Gasteiger partial charge on any atom is 0.434 e. The van der Waals surface area contributed by atoms with E-state index in [1.54, 1.807) is 24.9 Å². The second-order valence-electron chi connectivity index (χ2n) is 15.0. The van der Waals surface area contributed by atoms with E-state index in [9.17, 15) is 36.0 Å². The van der Waals surface area contributed by atoms with Crippen LogP contribution >= 0.6 is 22.7 Å². The summed E-state index contributed by atoms with van der Waals surface area (Å²) < 4.78 is 74.2. The van der Waals surface area contributed by atoms with Gasteiger partial charge in [0.05, 0.1) is 10.4 Å². The summed E-state index contributed by atoms with van der Waals surface area (Å²) >= 11 is 2.29. The first-order valence-corrected chi connectivity index (χ1v) is 21.3. The average Bonchev–Trinajstić information content (AvgIpc) is 3.91. The van der Waals surface area contributed by atoms with Crippen LogP contribution in [0.15, 0.2) is 29.7 Å². The number of aromatic nitrogens is 3. The predicted molar refractivity (Wildman–Crippen MR) is 200 cm³/mol. The molecule has 7 rings (SSSR count). The van der Waals surface area contributed by atoms with Gasteiger partial charge in [0.25, 0.3) is 5.91 Å². The Bertz CT molecular complexity index is 2150. The lowest BCUT2D eigenvalue weighted by atomic mass is 9.97. The molecule has 0 spiro atoms. The van der Waals surface area contributed by atoms with Crippen LogP contribution in [0.1, 0.15) is 73.7 Å². The van der Waals surface area contributed by atoms with Crippen molar-refractivity contribution in [2.24, 2.45) is 5.92 Å². The lowest BCUT2D eigenvalue weighted by Crippen LogP contribution is -2.61. The van der Waals surface area contributed by atoms with Crippen molar-refractivity contribution in [3.05, 3.63) is 45.1 Å². The Morgan fingerprint density at radius 1 is 1.11 bits per heavy atom. The van der Waals surface area contributed by atoms with Crippen molar-refractivity contribution < 1.29 is 40.7 Å². The van der Waals surface area contributed by atoms with Crippen LogP contribution in [0, 0.1) is 19.8 Å². The van der Waals surface area contributed by atoms with Crippen molar-refractivity contribution in [3.8, 4) is 28.0 Å². The Labute approximate surface area is 324 Å². The molecule has 2 aliphatic heterocycles. The first kappa shape index (κ1) is 39.1. The van der Waals surface area contributed by atoms with Gasteiger partial charge in [0, 0.05) is 65.7 Å². The van der Waals surface area contributed by atoms with Gasteiger partial charge in [-0.1, -0.05) is 12.2 Å². The molecule has 13 nitrogen and oxygen atoms in total. The lowest BCUT2D eigenvalue weighted by Gasteiger charge is -2.40. The highest BCUT2D eigenvalue weighted by Gasteiger charge is 2.63. The van der Waals surface area contributed by atoms with Crippen LogP contribution in [-0.2, 0) is 25.8 Å². The Morgan fingerprint density at radius 2 is 1.87 bits per heavy atom. The van der Waals surface area contributed by atoms with Gasteiger partial charge in [0.1, 0.15) is 17.7 Å². The third-order valence-corrected chi connectivity index (χ3v) is 14.8. The zero-order chi connectivity index (χ0) is 39.5. The zero-order valence-corrected chi connectivity index (χ0v) is 33.2. The number of rotatable bonds is 7. The predicted octanol–water partition coefficient (Wildman–Crippen LogP) is 5.84. The van der Waals surface area contributed by atoms with Crippen molar-refractivity contribution in [3.63, 3.8) is 0 Å². The van der Waals surface area contributed by atoms with Crippen LogP contribution in [0.3, 0.4) is 0 Å². The highest BCUT2D eigenvalue weighted by atomic mass is 32.2. The lowest BCUT2D eigenvalue weighted by molar-refractivity contribution is -0.140. The van der Waals surface area contributed by atoms with Crippen LogP contribution in [0.5, 0.6) is 5.88 Å². The van der Waals surface area contributed by atoms with Gasteiger partial charge >= 0.3 is 12.2 Å². The standard InChI is InChI=1S/C36H42F3N7O6S3/c1-20-15-24(21(2)54-20)25-17-28(42-29(40-25)31-41-27(19-53-31)36(37,38)39)52-23-10-14-46-26(16-23)30(47)43-35(32(48)44-55(50,51)34(3)11-12-34)18-22(35)9-7-5-6-8-13-45(4)33(46)49/h7,9,15,17,19,22-23,26H,5-6,8,10-14,16,18H2,1-4H3,(H,43,47)(H,44,48)/b9-7+/t22-,23+,26?,35-/m1/s1. The van der Waals surface area contributed by atoms with Gasteiger partial charge in [0.15, 0.2) is 16.5 Å². The van der Waals surface area contributed by atoms with Crippen molar-refractivity contribution >= 4 is 50.5 Å². The number of carbonyl (C=O) groups excluding carboxylic acids is 3. The molecule has 4 atom stereocenters. The van der Waals surface area contributed by atoms with Crippen LogP contribution in [0.2, 0.25) is 0 Å². The second-order valence-corrected chi connectivity index (χ2v) is 19.5. The molecule has 4 aliphatic rings. The number of alkyl halides is 3. The van der Waals surface area contributed by atoms with E-state index in [1.165, 1.54) is 16.2 Å². The van der Waals surface area contributed by atoms with Crippen LogP contribution in [-0.4, -0.2) is 93.6 Å². The van der Waals surface area contributed by atoms with E-state index in [0.29, 0.717) is 37.9 Å². The van der Waals surface area contributed by atoms with E-state index in [0.717, 1.165) is 38.5 Å². The number of halogens is 3. The molecule has 2 saturated carbocycles. The van der Waals surface area contributed by atoms with Gasteiger partial charge in [-0.15, -0.1) is 22.7 Å². The molecular weight excluding hydrogens is 780 g/mol. The summed E-state index contributed by atoms with van der Waals surface area (Å²) in [5.74, 6) is -1.90. The van der Waals surface area contributed by atoms with Gasteiger partial charge in [-0.3, -0.25) is 14.3 Å². The fourth-order valence-corrected chi connectivity index (χ4v) is 10.1. The summed E-state index contributed by atoms with van der Waals surface area (Å²) in [5, 5.41) is 3.71. The first-order chi connectivity index (χ1) is 25.9. The number of hydrogen-bond acceptors (Lipinski definition) is 11. The molecule has 0 bridgehead atoms. The molecule has 3 fully saturated rings. The number of carbonyl (C=O) groups is 3. The monoisotopic (exact) mass is 821 g/mol. The molecular formula is C36H42F3N7O6S3. The number of amides is 4. The Hall–Kier alpha value is -4.10. The molecule has 2 aliphatic carbocycles. The quantitative estimate of drug-likeness (QED) is 0.279. The minimum absolute atomic E-state index is 0.0132. The fraction of sp³-hybridized carbons (Fsp3) is 0.556. The van der Waals surface area contributed by atoms with E-state index in [4.69, 9.17) is 4.74 Å². The number of allylic oxidation sites excluding steroid dienone is 1. The van der Waals surface area contributed by atoms with Crippen molar-refractivity contribution in [2.75, 3.05) is 20.1 Å². The highest BCUT2D eigenvalue weighted by molar-refractivity contribution is 7.91. The van der Waals surface area contributed by atoms with Gasteiger partial charge in [-0.25, -0.2) is 23.2 Å². The summed E-state index contributed by atoms with van der Waals surface area (Å²) in [6, 6.07) is 2.03. The van der Waals surface area contributed by atoms with Gasteiger partial charge < -0.3 is 19.9 Å². The van der Waals surface area contributed by atoms with Crippen molar-refractivity contribution in [2.45, 2.75) is 101 Å². The van der Waals surface area contributed by atoms with Crippen LogP contribution in [0.4, 0.5) is 18.0 Å². The molecule has 1 saturated heterocycles. The smallest absolute Gasteiger partial charge is 0.434 e. The van der Waals surface area contributed by atoms with Crippen molar-refractivity contribution in [1.82, 2.24) is 34.8 Å².